The molecule has 0 bridgehead atoms. The maximum atomic E-state index is 12.7. The van der Waals surface area contributed by atoms with E-state index in [9.17, 15) is 4.79 Å². The van der Waals surface area contributed by atoms with E-state index in [0.29, 0.717) is 30.4 Å². The van der Waals surface area contributed by atoms with Crippen LogP contribution in [0.2, 0.25) is 5.02 Å². The molecule has 1 aromatic carbocycles. The quantitative estimate of drug-likeness (QED) is 0.659. The highest BCUT2D eigenvalue weighted by Gasteiger charge is 2.24. The van der Waals surface area contributed by atoms with Crippen molar-refractivity contribution in [2.45, 2.75) is 13.1 Å². The van der Waals surface area contributed by atoms with Gasteiger partial charge in [-0.15, -0.1) is 16.4 Å². The Bertz CT molecular complexity index is 885. The second kappa shape index (κ2) is 8.21. The summed E-state index contributed by atoms with van der Waals surface area (Å²) in [5.41, 5.74) is 1.46. The standard InChI is InChI=1S/C19H20ClN5OS/c20-16-5-3-15(4-6-16)12-25-14-18(21-22-25)19(26)24-9-7-23(8-10-24)13-17-2-1-11-27-17/h1-6,11,14H,7-10,12-13H2. The highest BCUT2D eigenvalue weighted by atomic mass is 35.5. The van der Waals surface area contributed by atoms with Crippen molar-refractivity contribution < 1.29 is 4.79 Å². The van der Waals surface area contributed by atoms with E-state index in [0.717, 1.165) is 25.2 Å². The first-order valence-corrected chi connectivity index (χ1v) is 10.1. The van der Waals surface area contributed by atoms with Crippen molar-refractivity contribution in [3.63, 3.8) is 0 Å². The number of thiophene rings is 1. The molecule has 27 heavy (non-hydrogen) atoms. The number of carbonyl (C=O) groups is 1. The summed E-state index contributed by atoms with van der Waals surface area (Å²) in [6.07, 6.45) is 1.72. The van der Waals surface area contributed by atoms with Gasteiger partial charge in [-0.2, -0.15) is 0 Å². The van der Waals surface area contributed by atoms with E-state index >= 15 is 0 Å². The first-order chi connectivity index (χ1) is 13.2. The van der Waals surface area contributed by atoms with Gasteiger partial charge in [0.05, 0.1) is 12.7 Å². The number of piperazine rings is 1. The first kappa shape index (κ1) is 18.2. The molecule has 1 amide bonds. The molecule has 0 spiro atoms. The van der Waals surface area contributed by atoms with Gasteiger partial charge in [-0.3, -0.25) is 9.69 Å². The lowest BCUT2D eigenvalue weighted by Crippen LogP contribution is -2.48. The molecule has 0 unspecified atom stereocenters. The van der Waals surface area contributed by atoms with Crippen molar-refractivity contribution in [2.24, 2.45) is 0 Å². The monoisotopic (exact) mass is 401 g/mol. The Morgan fingerprint density at radius 3 is 2.56 bits per heavy atom. The van der Waals surface area contributed by atoms with Crippen LogP contribution in [0.3, 0.4) is 0 Å². The van der Waals surface area contributed by atoms with Crippen LogP contribution >= 0.6 is 22.9 Å². The molecule has 6 nitrogen and oxygen atoms in total. The Morgan fingerprint density at radius 2 is 1.85 bits per heavy atom. The molecule has 3 aromatic rings. The van der Waals surface area contributed by atoms with Crippen LogP contribution in [0.15, 0.2) is 48.0 Å². The normalized spacial score (nSPS) is 15.2. The fraction of sp³-hybridized carbons (Fsp3) is 0.316. The van der Waals surface area contributed by atoms with Crippen molar-refractivity contribution in [1.82, 2.24) is 24.8 Å². The third kappa shape index (κ3) is 4.55. The summed E-state index contributed by atoms with van der Waals surface area (Å²) < 4.78 is 1.68. The zero-order chi connectivity index (χ0) is 18.6. The van der Waals surface area contributed by atoms with Crippen LogP contribution in [0.5, 0.6) is 0 Å². The van der Waals surface area contributed by atoms with Gasteiger partial charge in [-0.25, -0.2) is 4.68 Å². The number of carbonyl (C=O) groups excluding carboxylic acids is 1. The molecule has 4 rings (SSSR count). The van der Waals surface area contributed by atoms with Crippen molar-refractivity contribution >= 4 is 28.8 Å². The number of nitrogens with zero attached hydrogens (tertiary/aromatic N) is 5. The number of rotatable bonds is 5. The molecule has 1 aliphatic rings. The summed E-state index contributed by atoms with van der Waals surface area (Å²) >= 11 is 7.68. The Morgan fingerprint density at radius 1 is 1.07 bits per heavy atom. The van der Waals surface area contributed by atoms with Crippen molar-refractivity contribution in [3.8, 4) is 0 Å². The van der Waals surface area contributed by atoms with Crippen LogP contribution < -0.4 is 0 Å². The van der Waals surface area contributed by atoms with E-state index in [2.05, 4.69) is 32.7 Å². The lowest BCUT2D eigenvalue weighted by molar-refractivity contribution is 0.0624. The number of halogens is 1. The van der Waals surface area contributed by atoms with Crippen molar-refractivity contribution in [1.29, 1.82) is 0 Å². The summed E-state index contributed by atoms with van der Waals surface area (Å²) in [5.74, 6) is -0.0480. The fourth-order valence-corrected chi connectivity index (χ4v) is 4.02. The topological polar surface area (TPSA) is 54.3 Å². The Kier molecular flexibility index (Phi) is 5.52. The van der Waals surface area contributed by atoms with Crippen LogP contribution in [0.4, 0.5) is 0 Å². The lowest BCUT2D eigenvalue weighted by atomic mass is 10.2. The average Bonchev–Trinajstić information content (AvgIpc) is 3.36. The largest absolute Gasteiger partial charge is 0.335 e. The average molecular weight is 402 g/mol. The molecule has 2 aromatic heterocycles. The Balaban J connectivity index is 1.32. The predicted molar refractivity (Wildman–Crippen MR) is 106 cm³/mol. The highest BCUT2D eigenvalue weighted by Crippen LogP contribution is 2.15. The second-order valence-electron chi connectivity index (χ2n) is 6.58. The van der Waals surface area contributed by atoms with E-state index in [1.807, 2.05) is 29.2 Å². The smallest absolute Gasteiger partial charge is 0.276 e. The third-order valence-electron chi connectivity index (χ3n) is 4.63. The van der Waals surface area contributed by atoms with Crippen LogP contribution in [0, 0.1) is 0 Å². The number of hydrogen-bond acceptors (Lipinski definition) is 5. The number of hydrogen-bond donors (Lipinski definition) is 0. The summed E-state index contributed by atoms with van der Waals surface area (Å²) in [6.45, 7) is 4.70. The summed E-state index contributed by atoms with van der Waals surface area (Å²) in [5, 5.41) is 11.0. The van der Waals surface area contributed by atoms with Crippen LogP contribution in [-0.4, -0.2) is 56.9 Å². The molecule has 0 aliphatic carbocycles. The molecule has 1 fully saturated rings. The van der Waals surface area contributed by atoms with Crippen LogP contribution in [0.1, 0.15) is 20.9 Å². The van der Waals surface area contributed by atoms with Crippen molar-refractivity contribution in [2.75, 3.05) is 26.2 Å². The molecule has 8 heteroatoms. The minimum atomic E-state index is -0.0480. The van der Waals surface area contributed by atoms with Gasteiger partial charge < -0.3 is 4.90 Å². The molecule has 140 valence electrons. The van der Waals surface area contributed by atoms with Crippen molar-refractivity contribution in [3.05, 3.63) is 69.1 Å². The summed E-state index contributed by atoms with van der Waals surface area (Å²) in [6, 6.07) is 11.8. The van der Waals surface area contributed by atoms with E-state index in [4.69, 9.17) is 11.6 Å². The van der Waals surface area contributed by atoms with E-state index in [1.54, 1.807) is 22.2 Å². The molecule has 0 N–H and O–H groups in total. The third-order valence-corrected chi connectivity index (χ3v) is 5.75. The molecule has 0 radical (unpaired) electrons. The molecule has 3 heterocycles. The SMILES string of the molecule is O=C(c1cn(Cc2ccc(Cl)cc2)nn1)N1CCN(Cc2cccs2)CC1. The molecule has 1 aliphatic heterocycles. The highest BCUT2D eigenvalue weighted by molar-refractivity contribution is 7.09. The maximum absolute atomic E-state index is 12.7. The zero-order valence-corrected chi connectivity index (χ0v) is 16.4. The molecular weight excluding hydrogens is 382 g/mol. The molecule has 0 saturated carbocycles. The van der Waals surface area contributed by atoms with Gasteiger partial charge in [0.1, 0.15) is 0 Å². The maximum Gasteiger partial charge on any atom is 0.276 e. The molecular formula is C19H20ClN5OS. The Hall–Kier alpha value is -2.22. The van der Waals surface area contributed by atoms with E-state index in [-0.39, 0.29) is 5.91 Å². The fourth-order valence-electron chi connectivity index (χ4n) is 3.14. The van der Waals surface area contributed by atoms with Crippen LogP contribution in [0.25, 0.3) is 0 Å². The van der Waals surface area contributed by atoms with Gasteiger partial charge in [0.2, 0.25) is 0 Å². The lowest BCUT2D eigenvalue weighted by Gasteiger charge is -2.34. The summed E-state index contributed by atoms with van der Waals surface area (Å²) in [4.78, 5) is 18.3. The number of aromatic nitrogens is 3. The van der Waals surface area contributed by atoms with Gasteiger partial charge in [0.15, 0.2) is 5.69 Å². The van der Waals surface area contributed by atoms with Gasteiger partial charge >= 0.3 is 0 Å². The zero-order valence-electron chi connectivity index (χ0n) is 14.8. The number of amides is 1. The number of benzene rings is 1. The predicted octanol–water partition coefficient (Wildman–Crippen LogP) is 3.00. The van der Waals surface area contributed by atoms with E-state index in [1.165, 1.54) is 4.88 Å². The van der Waals surface area contributed by atoms with Gasteiger partial charge in [-0.05, 0) is 29.1 Å². The van der Waals surface area contributed by atoms with Gasteiger partial charge in [0, 0.05) is 42.6 Å². The van der Waals surface area contributed by atoms with Gasteiger partial charge in [0.25, 0.3) is 5.91 Å². The molecule has 0 atom stereocenters. The Labute approximate surface area is 167 Å². The van der Waals surface area contributed by atoms with Crippen LogP contribution in [-0.2, 0) is 13.1 Å². The molecule has 1 saturated heterocycles. The first-order valence-electron chi connectivity index (χ1n) is 8.86. The van der Waals surface area contributed by atoms with Gasteiger partial charge in [-0.1, -0.05) is 35.0 Å². The van der Waals surface area contributed by atoms with E-state index < -0.39 is 0 Å². The minimum absolute atomic E-state index is 0.0480. The second-order valence-corrected chi connectivity index (χ2v) is 8.04. The summed E-state index contributed by atoms with van der Waals surface area (Å²) in [7, 11) is 0. The minimum Gasteiger partial charge on any atom is -0.335 e.